The van der Waals surface area contributed by atoms with Crippen LogP contribution in [0.15, 0.2) is 24.3 Å². The average molecular weight is 247 g/mol. The van der Waals surface area contributed by atoms with Crippen LogP contribution in [0.25, 0.3) is 0 Å². The fraction of sp³-hybridized carbons (Fsp3) is 0.625. The first-order valence-corrected chi connectivity index (χ1v) is 7.08. The van der Waals surface area contributed by atoms with E-state index in [-0.39, 0.29) is 0 Å². The Bertz CT molecular complexity index is 382. The van der Waals surface area contributed by atoms with Crippen LogP contribution in [0.2, 0.25) is 0 Å². The number of benzene rings is 1. The van der Waals surface area contributed by atoms with Gasteiger partial charge in [-0.1, -0.05) is 19.1 Å². The van der Waals surface area contributed by atoms with E-state index in [4.69, 9.17) is 0 Å². The van der Waals surface area contributed by atoms with E-state index in [9.17, 15) is 5.11 Å². The van der Waals surface area contributed by atoms with E-state index in [0.29, 0.717) is 17.8 Å². The van der Waals surface area contributed by atoms with Crippen LogP contribution in [0.1, 0.15) is 51.1 Å². The molecule has 1 fully saturated rings. The molecule has 1 aliphatic rings. The summed E-state index contributed by atoms with van der Waals surface area (Å²) < 4.78 is 0. The van der Waals surface area contributed by atoms with Crippen LogP contribution in [-0.2, 0) is 0 Å². The van der Waals surface area contributed by atoms with E-state index in [1.165, 1.54) is 31.2 Å². The molecule has 2 heteroatoms. The summed E-state index contributed by atoms with van der Waals surface area (Å²) in [6.07, 6.45) is 5.31. The Morgan fingerprint density at radius 1 is 1.22 bits per heavy atom. The highest BCUT2D eigenvalue weighted by Gasteiger charge is 2.25. The Morgan fingerprint density at radius 3 is 2.50 bits per heavy atom. The van der Waals surface area contributed by atoms with Crippen LogP contribution < -0.4 is 0 Å². The number of aromatic hydroxyl groups is 1. The van der Waals surface area contributed by atoms with Gasteiger partial charge in [0.05, 0.1) is 0 Å². The number of nitrogens with zero attached hydrogens (tertiary/aromatic N) is 1. The van der Waals surface area contributed by atoms with Crippen LogP contribution in [0.4, 0.5) is 0 Å². The summed E-state index contributed by atoms with van der Waals surface area (Å²) in [7, 11) is 2.22. The van der Waals surface area contributed by atoms with Gasteiger partial charge >= 0.3 is 0 Å². The predicted molar refractivity (Wildman–Crippen MR) is 75.7 cm³/mol. The summed E-state index contributed by atoms with van der Waals surface area (Å²) in [5.41, 5.74) is 1.20. The van der Waals surface area contributed by atoms with Crippen molar-refractivity contribution in [1.82, 2.24) is 4.90 Å². The molecule has 1 aliphatic carbocycles. The fourth-order valence-corrected chi connectivity index (χ4v) is 2.99. The number of rotatable bonds is 3. The molecule has 0 saturated heterocycles. The smallest absolute Gasteiger partial charge is 0.115 e. The molecule has 0 amide bonds. The lowest BCUT2D eigenvalue weighted by Gasteiger charge is -2.37. The summed E-state index contributed by atoms with van der Waals surface area (Å²) in [6.45, 7) is 4.59. The van der Waals surface area contributed by atoms with Gasteiger partial charge in [0.25, 0.3) is 0 Å². The maximum atomic E-state index is 9.57. The zero-order valence-corrected chi connectivity index (χ0v) is 11.8. The minimum atomic E-state index is 0.366. The van der Waals surface area contributed by atoms with Gasteiger partial charge in [0.15, 0.2) is 0 Å². The van der Waals surface area contributed by atoms with E-state index in [2.05, 4.69) is 31.9 Å². The molecule has 1 atom stereocenters. The van der Waals surface area contributed by atoms with Crippen molar-refractivity contribution in [3.63, 3.8) is 0 Å². The van der Waals surface area contributed by atoms with Crippen LogP contribution >= 0.6 is 0 Å². The topological polar surface area (TPSA) is 23.5 Å². The third-order valence-corrected chi connectivity index (χ3v) is 4.52. The van der Waals surface area contributed by atoms with E-state index in [1.54, 1.807) is 6.07 Å². The molecule has 0 spiro atoms. The highest BCUT2D eigenvalue weighted by Crippen LogP contribution is 2.31. The SMILES string of the molecule is CC1CCC(N(C)C(C)c2cccc(O)c2)CC1. The lowest BCUT2D eigenvalue weighted by atomic mass is 9.86. The molecule has 18 heavy (non-hydrogen) atoms. The monoisotopic (exact) mass is 247 g/mol. The van der Waals surface area contributed by atoms with Gasteiger partial charge in [0.1, 0.15) is 5.75 Å². The van der Waals surface area contributed by atoms with E-state index in [0.717, 1.165) is 5.92 Å². The molecule has 1 unspecified atom stereocenters. The van der Waals surface area contributed by atoms with Gasteiger partial charge in [-0.2, -0.15) is 0 Å². The van der Waals surface area contributed by atoms with Crippen LogP contribution in [0.3, 0.4) is 0 Å². The quantitative estimate of drug-likeness (QED) is 0.873. The molecular weight excluding hydrogens is 222 g/mol. The van der Waals surface area contributed by atoms with Crippen LogP contribution in [0, 0.1) is 5.92 Å². The maximum Gasteiger partial charge on any atom is 0.115 e. The minimum absolute atomic E-state index is 0.366. The lowest BCUT2D eigenvalue weighted by Crippen LogP contribution is -2.36. The summed E-state index contributed by atoms with van der Waals surface area (Å²) >= 11 is 0. The van der Waals surface area contributed by atoms with Crippen molar-refractivity contribution in [3.8, 4) is 5.75 Å². The molecule has 0 aliphatic heterocycles. The van der Waals surface area contributed by atoms with Gasteiger partial charge in [-0.25, -0.2) is 0 Å². The molecule has 1 N–H and O–H groups in total. The van der Waals surface area contributed by atoms with E-state index >= 15 is 0 Å². The summed E-state index contributed by atoms with van der Waals surface area (Å²) in [5.74, 6) is 1.26. The molecule has 0 heterocycles. The van der Waals surface area contributed by atoms with Gasteiger partial charge in [-0.15, -0.1) is 0 Å². The Balaban J connectivity index is 2.02. The molecule has 1 aromatic rings. The Labute approximate surface area is 111 Å². The minimum Gasteiger partial charge on any atom is -0.508 e. The number of phenolic OH excluding ortho intramolecular Hbond substituents is 1. The van der Waals surface area contributed by atoms with Crippen molar-refractivity contribution in [2.24, 2.45) is 5.92 Å². The number of hydrogen-bond acceptors (Lipinski definition) is 2. The molecule has 0 bridgehead atoms. The van der Waals surface area contributed by atoms with Crippen molar-refractivity contribution in [2.45, 2.75) is 51.6 Å². The van der Waals surface area contributed by atoms with E-state index in [1.807, 2.05) is 12.1 Å². The molecule has 100 valence electrons. The van der Waals surface area contributed by atoms with Crippen LogP contribution in [-0.4, -0.2) is 23.1 Å². The maximum absolute atomic E-state index is 9.57. The molecule has 1 aromatic carbocycles. The van der Waals surface area contributed by atoms with Crippen LogP contribution in [0.5, 0.6) is 5.75 Å². The molecule has 1 saturated carbocycles. The van der Waals surface area contributed by atoms with Crippen molar-refractivity contribution in [3.05, 3.63) is 29.8 Å². The van der Waals surface area contributed by atoms with Gasteiger partial charge in [0.2, 0.25) is 0 Å². The third kappa shape index (κ3) is 3.05. The predicted octanol–water partition coefficient (Wildman–Crippen LogP) is 3.96. The Kier molecular flexibility index (Phi) is 4.28. The normalized spacial score (nSPS) is 26.2. The largest absolute Gasteiger partial charge is 0.508 e. The molecule has 0 aromatic heterocycles. The number of hydrogen-bond donors (Lipinski definition) is 1. The van der Waals surface area contributed by atoms with Gasteiger partial charge < -0.3 is 5.11 Å². The summed E-state index contributed by atoms with van der Waals surface area (Å²) in [6, 6.07) is 8.71. The van der Waals surface area contributed by atoms with Gasteiger partial charge in [0, 0.05) is 12.1 Å². The highest BCUT2D eigenvalue weighted by atomic mass is 16.3. The van der Waals surface area contributed by atoms with Gasteiger partial charge in [-0.05, 0) is 63.3 Å². The Hall–Kier alpha value is -1.02. The molecule has 0 radical (unpaired) electrons. The zero-order chi connectivity index (χ0) is 13.1. The average Bonchev–Trinajstić information content (AvgIpc) is 2.38. The first-order valence-electron chi connectivity index (χ1n) is 7.08. The van der Waals surface area contributed by atoms with Crippen molar-refractivity contribution >= 4 is 0 Å². The molecule has 2 rings (SSSR count). The van der Waals surface area contributed by atoms with Crippen molar-refractivity contribution in [2.75, 3.05) is 7.05 Å². The molecule has 2 nitrogen and oxygen atoms in total. The van der Waals surface area contributed by atoms with E-state index < -0.39 is 0 Å². The second kappa shape index (κ2) is 5.75. The standard InChI is InChI=1S/C16H25NO/c1-12-7-9-15(10-8-12)17(3)13(2)14-5-4-6-16(18)11-14/h4-6,11-13,15,18H,7-10H2,1-3H3. The van der Waals surface area contributed by atoms with Crippen molar-refractivity contribution in [1.29, 1.82) is 0 Å². The van der Waals surface area contributed by atoms with Gasteiger partial charge in [-0.3, -0.25) is 4.90 Å². The first kappa shape index (κ1) is 13.4. The third-order valence-electron chi connectivity index (χ3n) is 4.52. The fourth-order valence-electron chi connectivity index (χ4n) is 2.99. The van der Waals surface area contributed by atoms with Crippen molar-refractivity contribution < 1.29 is 5.11 Å². The molecular formula is C16H25NO. The zero-order valence-electron chi connectivity index (χ0n) is 11.8. The summed E-state index contributed by atoms with van der Waals surface area (Å²) in [5, 5.41) is 9.57. The second-order valence-electron chi connectivity index (χ2n) is 5.85. The highest BCUT2D eigenvalue weighted by molar-refractivity contribution is 5.29. The number of phenols is 1. The lowest BCUT2D eigenvalue weighted by molar-refractivity contribution is 0.131. The first-order chi connectivity index (χ1) is 8.58. The summed E-state index contributed by atoms with van der Waals surface area (Å²) in [4.78, 5) is 2.47. The Morgan fingerprint density at radius 2 is 1.89 bits per heavy atom. The second-order valence-corrected chi connectivity index (χ2v) is 5.85.